The highest BCUT2D eigenvalue weighted by Gasteiger charge is 2.32. The van der Waals surface area contributed by atoms with Crippen molar-refractivity contribution in [2.75, 3.05) is 30.6 Å². The van der Waals surface area contributed by atoms with E-state index in [0.717, 1.165) is 32.1 Å². The van der Waals surface area contributed by atoms with Gasteiger partial charge in [-0.25, -0.2) is 10.1 Å². The molecular weight excluding hydrogens is 607 g/mol. The van der Waals surface area contributed by atoms with Crippen LogP contribution in [0.2, 0.25) is 0 Å². The number of benzene rings is 1. The highest BCUT2D eigenvalue weighted by atomic mass is 35.5. The van der Waals surface area contributed by atoms with Crippen LogP contribution >= 0.6 is 19.9 Å². The molecule has 0 spiro atoms. The fourth-order valence-electron chi connectivity index (χ4n) is 3.70. The van der Waals surface area contributed by atoms with E-state index in [0.29, 0.717) is 54.4 Å². The Kier molecular flexibility index (Phi) is 15.9. The minimum Gasteiger partial charge on any atom is -0.465 e. The van der Waals surface area contributed by atoms with E-state index >= 15 is 0 Å². The zero-order chi connectivity index (χ0) is 31.2. The normalized spacial score (nSPS) is 15.2. The maximum atomic E-state index is 13.8. The van der Waals surface area contributed by atoms with E-state index in [1.54, 1.807) is 30.6 Å². The molecule has 246 valence electrons. The van der Waals surface area contributed by atoms with E-state index in [9.17, 15) is 9.36 Å². The summed E-state index contributed by atoms with van der Waals surface area (Å²) in [5, 5.41) is 6.22. The van der Waals surface area contributed by atoms with Crippen molar-refractivity contribution in [3.8, 4) is 5.75 Å². The van der Waals surface area contributed by atoms with Crippen molar-refractivity contribution in [1.29, 1.82) is 0 Å². The van der Waals surface area contributed by atoms with Gasteiger partial charge in [0.25, 0.3) is 0 Å². The molecule has 6 N–H and O–H groups in total. The standard InChI is InChI=1S/C25H36N7O5P.C4H11N.ClH/c1-3-5-14-36-24(33)20(4-2)31-38(34,37-19-9-7-6-8-10-19)17-35-15-13-32-16-27-21-22(28-18-11-12-18)29-25(26)30-23(21)32;1-3-4(2)5;/h6-10,16,18,20H,3-5,11-15,17H2,1-2H3,(H,31,34)(H3,26,28,29,30);4H,3,5H2,1-2H3;1H/t20-,38?;4-;/m01./s1. The molecule has 1 fully saturated rings. The minimum atomic E-state index is -3.64. The number of hydrogen-bond acceptors (Lipinski definition) is 11. The van der Waals surface area contributed by atoms with Crippen molar-refractivity contribution in [2.24, 2.45) is 5.73 Å². The Labute approximate surface area is 266 Å². The molecule has 0 radical (unpaired) electrons. The van der Waals surface area contributed by atoms with Crippen LogP contribution in [-0.4, -0.2) is 63.2 Å². The summed E-state index contributed by atoms with van der Waals surface area (Å²) in [5.41, 5.74) is 12.4. The predicted octanol–water partition coefficient (Wildman–Crippen LogP) is 5.11. The monoisotopic (exact) mass is 654 g/mol. The molecule has 13 nitrogen and oxygen atoms in total. The van der Waals surface area contributed by atoms with Gasteiger partial charge in [0.2, 0.25) is 5.95 Å². The molecule has 0 saturated heterocycles. The van der Waals surface area contributed by atoms with Crippen LogP contribution < -0.4 is 26.4 Å². The number of para-hydroxylation sites is 1. The van der Waals surface area contributed by atoms with Gasteiger partial charge in [0.05, 0.1) is 19.5 Å². The van der Waals surface area contributed by atoms with Crippen LogP contribution in [0.4, 0.5) is 11.8 Å². The quantitative estimate of drug-likeness (QED) is 0.0859. The fourth-order valence-corrected chi connectivity index (χ4v) is 5.48. The lowest BCUT2D eigenvalue weighted by Crippen LogP contribution is -2.37. The number of rotatable bonds is 17. The van der Waals surface area contributed by atoms with E-state index in [-0.39, 0.29) is 31.3 Å². The van der Waals surface area contributed by atoms with Crippen LogP contribution in [0.1, 0.15) is 66.2 Å². The number of imidazole rings is 1. The third kappa shape index (κ3) is 12.2. The summed E-state index contributed by atoms with van der Waals surface area (Å²) in [6, 6.07) is 8.77. The van der Waals surface area contributed by atoms with Crippen LogP contribution in [0, 0.1) is 0 Å². The second kappa shape index (κ2) is 18.8. The van der Waals surface area contributed by atoms with Crippen molar-refractivity contribution in [2.45, 2.75) is 90.9 Å². The molecule has 1 unspecified atom stereocenters. The van der Waals surface area contributed by atoms with Gasteiger partial charge in [0, 0.05) is 18.6 Å². The first-order valence-electron chi connectivity index (χ1n) is 15.0. The number of unbranched alkanes of at least 4 members (excludes halogenated alkanes) is 1. The first-order chi connectivity index (χ1) is 20.7. The van der Waals surface area contributed by atoms with Gasteiger partial charge in [-0.2, -0.15) is 9.97 Å². The van der Waals surface area contributed by atoms with Crippen molar-refractivity contribution in [3.63, 3.8) is 0 Å². The Hall–Kier alpha value is -2.96. The molecule has 0 amide bonds. The molecular formula is C29H48ClN8O5P. The number of nitrogens with one attached hydrogen (secondary N) is 2. The second-order valence-corrected chi connectivity index (χ2v) is 12.6. The Bertz CT molecular complexity index is 1330. The minimum absolute atomic E-state index is 0. The molecule has 2 aromatic heterocycles. The number of aromatic nitrogens is 4. The number of hydrogen-bond donors (Lipinski definition) is 4. The van der Waals surface area contributed by atoms with E-state index in [2.05, 4.69) is 32.3 Å². The third-order valence-electron chi connectivity index (χ3n) is 6.56. The average molecular weight is 655 g/mol. The van der Waals surface area contributed by atoms with Crippen LogP contribution in [-0.2, 0) is 25.4 Å². The van der Waals surface area contributed by atoms with Crippen LogP contribution in [0.25, 0.3) is 11.2 Å². The maximum absolute atomic E-state index is 13.8. The van der Waals surface area contributed by atoms with Gasteiger partial charge in [0.15, 0.2) is 17.0 Å². The highest BCUT2D eigenvalue weighted by Crippen LogP contribution is 2.44. The molecule has 1 saturated carbocycles. The van der Waals surface area contributed by atoms with Gasteiger partial charge in [-0.1, -0.05) is 45.4 Å². The second-order valence-electron chi connectivity index (χ2n) is 10.6. The predicted molar refractivity (Wildman–Crippen MR) is 176 cm³/mol. The molecule has 4 rings (SSSR count). The number of esters is 1. The Morgan fingerprint density at radius 3 is 2.45 bits per heavy atom. The number of nitrogen functional groups attached to an aromatic ring is 1. The first kappa shape index (κ1) is 37.2. The molecule has 15 heteroatoms. The Morgan fingerprint density at radius 1 is 1.14 bits per heavy atom. The number of ether oxygens (including phenoxy) is 2. The summed E-state index contributed by atoms with van der Waals surface area (Å²) in [6.07, 6.45) is 6.72. The van der Waals surface area contributed by atoms with Gasteiger partial charge >= 0.3 is 13.5 Å². The van der Waals surface area contributed by atoms with Crippen molar-refractivity contribution >= 4 is 48.8 Å². The van der Waals surface area contributed by atoms with E-state index in [1.807, 2.05) is 31.4 Å². The molecule has 0 aliphatic heterocycles. The number of nitrogens with zero attached hydrogens (tertiary/aromatic N) is 4. The molecule has 1 aliphatic carbocycles. The van der Waals surface area contributed by atoms with Gasteiger partial charge in [0.1, 0.15) is 18.1 Å². The summed E-state index contributed by atoms with van der Waals surface area (Å²) in [7, 11) is -3.64. The number of nitrogens with two attached hydrogens (primary N) is 2. The lowest BCUT2D eigenvalue weighted by molar-refractivity contribution is -0.145. The molecule has 3 aromatic rings. The Morgan fingerprint density at radius 2 is 1.84 bits per heavy atom. The van der Waals surface area contributed by atoms with Crippen LogP contribution in [0.3, 0.4) is 0 Å². The summed E-state index contributed by atoms with van der Waals surface area (Å²) in [4.78, 5) is 25.6. The SMILES string of the molecule is CCCCOC(=O)[C@H](CC)NP(=O)(COCCn1cnc2c(NC3CC3)nc(N)nc21)Oc1ccccc1.CC[C@@H](C)N.Cl. The first-order valence-corrected chi connectivity index (χ1v) is 16.8. The number of halogens is 1. The highest BCUT2D eigenvalue weighted by molar-refractivity contribution is 7.57. The van der Waals surface area contributed by atoms with Crippen LogP contribution in [0.5, 0.6) is 5.75 Å². The van der Waals surface area contributed by atoms with E-state index in [4.69, 9.17) is 25.5 Å². The van der Waals surface area contributed by atoms with Crippen molar-refractivity contribution in [1.82, 2.24) is 24.6 Å². The van der Waals surface area contributed by atoms with Crippen molar-refractivity contribution in [3.05, 3.63) is 36.7 Å². The molecule has 0 bridgehead atoms. The number of carbonyl (C=O) groups excluding carboxylic acids is 1. The summed E-state index contributed by atoms with van der Waals surface area (Å²) in [5.74, 6) is 0.723. The van der Waals surface area contributed by atoms with Gasteiger partial charge in [-0.05, 0) is 51.2 Å². The zero-order valence-corrected chi connectivity index (χ0v) is 27.8. The summed E-state index contributed by atoms with van der Waals surface area (Å²) < 4.78 is 32.6. The molecule has 1 aromatic carbocycles. The van der Waals surface area contributed by atoms with Gasteiger partial charge in [-0.15, -0.1) is 12.4 Å². The largest absolute Gasteiger partial charge is 0.465 e. The van der Waals surface area contributed by atoms with Crippen LogP contribution in [0.15, 0.2) is 36.7 Å². The zero-order valence-electron chi connectivity index (χ0n) is 26.1. The lowest BCUT2D eigenvalue weighted by atomic mass is 10.2. The molecule has 1 aliphatic rings. The average Bonchev–Trinajstić information content (AvgIpc) is 3.72. The summed E-state index contributed by atoms with van der Waals surface area (Å²) in [6.45, 7) is 8.81. The molecule has 2 heterocycles. The topological polar surface area (TPSA) is 182 Å². The number of carbonyl (C=O) groups is 1. The van der Waals surface area contributed by atoms with Gasteiger partial charge < -0.3 is 35.3 Å². The van der Waals surface area contributed by atoms with Gasteiger partial charge in [-0.3, -0.25) is 9.36 Å². The van der Waals surface area contributed by atoms with E-state index in [1.165, 1.54) is 0 Å². The number of fused-ring (bicyclic) bond motifs is 1. The molecule has 44 heavy (non-hydrogen) atoms. The Balaban J connectivity index is 0.00000104. The maximum Gasteiger partial charge on any atom is 0.342 e. The fraction of sp³-hybridized carbons (Fsp3) is 0.586. The van der Waals surface area contributed by atoms with Crippen molar-refractivity contribution < 1.29 is 23.4 Å². The van der Waals surface area contributed by atoms with E-state index < -0.39 is 19.5 Å². The lowest BCUT2D eigenvalue weighted by Gasteiger charge is -2.24. The number of anilines is 2. The smallest absolute Gasteiger partial charge is 0.342 e. The third-order valence-corrected chi connectivity index (χ3v) is 8.30. The summed E-state index contributed by atoms with van der Waals surface area (Å²) >= 11 is 0. The molecule has 3 atom stereocenters.